The zero-order valence-electron chi connectivity index (χ0n) is 18.7. The number of hydrogen-bond acceptors (Lipinski definition) is 5. The molecule has 0 aromatic heterocycles. The first-order valence-electron chi connectivity index (χ1n) is 10.5. The lowest BCUT2D eigenvalue weighted by Crippen LogP contribution is -2.37. The van der Waals surface area contributed by atoms with Gasteiger partial charge in [-0.15, -0.1) is 0 Å². The van der Waals surface area contributed by atoms with Crippen molar-refractivity contribution < 1.29 is 22.7 Å². The average molecular weight is 488 g/mol. The highest BCUT2D eigenvalue weighted by molar-refractivity contribution is 7.93. The minimum Gasteiger partial charge on any atom is -0.493 e. The van der Waals surface area contributed by atoms with E-state index in [-0.39, 0.29) is 16.1 Å². The second-order valence-corrected chi connectivity index (χ2v) is 9.59. The van der Waals surface area contributed by atoms with Crippen molar-refractivity contribution in [3.63, 3.8) is 0 Å². The second-order valence-electron chi connectivity index (χ2n) is 7.37. The highest BCUT2D eigenvalue weighted by Crippen LogP contribution is 2.31. The molecule has 0 unspecified atom stereocenters. The smallest absolute Gasteiger partial charge is 0.272 e. The first kappa shape index (κ1) is 24.6. The van der Waals surface area contributed by atoms with Gasteiger partial charge in [0.1, 0.15) is 0 Å². The third-order valence-electron chi connectivity index (χ3n) is 5.16. The molecule has 0 atom stereocenters. The lowest BCUT2D eigenvalue weighted by Gasteiger charge is -2.23. The van der Waals surface area contributed by atoms with Gasteiger partial charge >= 0.3 is 0 Å². The maximum atomic E-state index is 13.6. The van der Waals surface area contributed by atoms with E-state index in [0.29, 0.717) is 16.5 Å². The normalized spacial score (nSPS) is 11.2. The summed E-state index contributed by atoms with van der Waals surface area (Å²) in [6, 6.07) is 17.2. The molecule has 3 rings (SSSR count). The van der Waals surface area contributed by atoms with Crippen LogP contribution in [0.15, 0.2) is 71.6 Å². The minimum atomic E-state index is -4.23. The summed E-state index contributed by atoms with van der Waals surface area (Å²) < 4.78 is 38.5. The van der Waals surface area contributed by atoms with Crippen LogP contribution in [0.25, 0.3) is 0 Å². The number of amides is 1. The molecule has 6 nitrogen and oxygen atoms in total. The number of nitrogens with zero attached hydrogens (tertiary/aromatic N) is 1. The molecule has 0 heterocycles. The number of anilines is 1. The molecular formula is C25H26ClNO5S. The Morgan fingerprint density at radius 2 is 1.55 bits per heavy atom. The first-order valence-corrected chi connectivity index (χ1v) is 12.3. The van der Waals surface area contributed by atoms with Gasteiger partial charge in [-0.05, 0) is 73.0 Å². The lowest BCUT2D eigenvalue weighted by molar-refractivity contribution is 0.100. The van der Waals surface area contributed by atoms with Crippen LogP contribution in [0.5, 0.6) is 11.5 Å². The Kier molecular flexibility index (Phi) is 8.00. The van der Waals surface area contributed by atoms with E-state index < -0.39 is 15.9 Å². The van der Waals surface area contributed by atoms with Crippen molar-refractivity contribution in [2.45, 2.75) is 31.1 Å². The number of aryl methyl sites for hydroxylation is 1. The highest BCUT2D eigenvalue weighted by Gasteiger charge is 2.32. The number of methoxy groups -OCH3 is 2. The molecule has 0 saturated carbocycles. The monoisotopic (exact) mass is 487 g/mol. The molecule has 1 amide bonds. The molecule has 0 fully saturated rings. The maximum absolute atomic E-state index is 13.6. The van der Waals surface area contributed by atoms with Gasteiger partial charge in [0.15, 0.2) is 11.5 Å². The molecule has 0 aliphatic carbocycles. The second kappa shape index (κ2) is 10.7. The average Bonchev–Trinajstić information content (AvgIpc) is 2.83. The van der Waals surface area contributed by atoms with Crippen molar-refractivity contribution in [1.29, 1.82) is 0 Å². The van der Waals surface area contributed by atoms with Crippen LogP contribution in [-0.2, 0) is 16.4 Å². The van der Waals surface area contributed by atoms with Crippen LogP contribution in [0, 0.1) is 0 Å². The number of hydrogen-bond donors (Lipinski definition) is 0. The number of rotatable bonds is 9. The summed E-state index contributed by atoms with van der Waals surface area (Å²) in [4.78, 5) is 13.5. The van der Waals surface area contributed by atoms with Crippen molar-refractivity contribution in [3.8, 4) is 11.5 Å². The zero-order valence-corrected chi connectivity index (χ0v) is 20.3. The Bertz CT molecular complexity index is 1210. The molecule has 3 aromatic carbocycles. The molecule has 33 heavy (non-hydrogen) atoms. The van der Waals surface area contributed by atoms with Crippen LogP contribution >= 0.6 is 11.6 Å². The molecule has 174 valence electrons. The Morgan fingerprint density at radius 1 is 0.909 bits per heavy atom. The van der Waals surface area contributed by atoms with Gasteiger partial charge in [-0.1, -0.05) is 37.1 Å². The van der Waals surface area contributed by atoms with Gasteiger partial charge in [-0.3, -0.25) is 4.79 Å². The summed E-state index contributed by atoms with van der Waals surface area (Å²) in [6.45, 7) is 2.11. The third kappa shape index (κ3) is 5.49. The van der Waals surface area contributed by atoms with E-state index in [0.717, 1.165) is 29.1 Å². The summed E-state index contributed by atoms with van der Waals surface area (Å²) in [5.41, 5.74) is 1.45. The molecule has 0 aliphatic heterocycles. The number of sulfonamides is 1. The summed E-state index contributed by atoms with van der Waals surface area (Å²) in [5.74, 6) is 0.0377. The number of carbonyl (C=O) groups excluding carboxylic acids is 1. The van der Waals surface area contributed by atoms with Crippen molar-refractivity contribution >= 4 is 33.2 Å². The number of benzene rings is 3. The predicted molar refractivity (Wildman–Crippen MR) is 130 cm³/mol. The largest absolute Gasteiger partial charge is 0.493 e. The quantitative estimate of drug-likeness (QED) is 0.385. The topological polar surface area (TPSA) is 72.9 Å². The first-order chi connectivity index (χ1) is 15.8. The molecule has 0 radical (unpaired) electrons. The van der Waals surface area contributed by atoms with E-state index in [4.69, 9.17) is 21.1 Å². The fourth-order valence-electron chi connectivity index (χ4n) is 3.34. The van der Waals surface area contributed by atoms with E-state index in [1.54, 1.807) is 18.2 Å². The molecule has 3 aromatic rings. The molecular weight excluding hydrogens is 462 g/mol. The standard InChI is InChI=1S/C25H26ClNO5S/c1-4-5-6-18-7-12-21(13-8-18)27(33(29,30)22-14-10-20(26)11-15-22)25(28)19-9-16-23(31-2)24(17-19)32-3/h7-17H,4-6H2,1-3H3. The zero-order chi connectivity index (χ0) is 24.0. The van der Waals surface area contributed by atoms with Gasteiger partial charge < -0.3 is 9.47 Å². The van der Waals surface area contributed by atoms with Crippen molar-refractivity contribution in [2.24, 2.45) is 0 Å². The fraction of sp³-hybridized carbons (Fsp3) is 0.240. The molecule has 0 saturated heterocycles. The van der Waals surface area contributed by atoms with E-state index in [9.17, 15) is 13.2 Å². The van der Waals surface area contributed by atoms with Gasteiger partial charge in [0.2, 0.25) is 0 Å². The van der Waals surface area contributed by atoms with Gasteiger partial charge in [0, 0.05) is 10.6 Å². The van der Waals surface area contributed by atoms with Gasteiger partial charge in [-0.2, -0.15) is 4.31 Å². The van der Waals surface area contributed by atoms with Gasteiger partial charge in [-0.25, -0.2) is 8.42 Å². The molecule has 0 spiro atoms. The molecule has 0 bridgehead atoms. The van der Waals surface area contributed by atoms with Crippen LogP contribution < -0.4 is 13.8 Å². The van der Waals surface area contributed by atoms with Crippen molar-refractivity contribution in [1.82, 2.24) is 0 Å². The highest BCUT2D eigenvalue weighted by atomic mass is 35.5. The molecule has 0 aliphatic rings. The maximum Gasteiger partial charge on any atom is 0.272 e. The molecule has 0 N–H and O–H groups in total. The predicted octanol–water partition coefficient (Wildman–Crippen LogP) is 5.74. The summed E-state index contributed by atoms with van der Waals surface area (Å²) in [5, 5.41) is 0.395. The minimum absolute atomic E-state index is 0.0456. The van der Waals surface area contributed by atoms with Crippen LogP contribution in [-0.4, -0.2) is 28.5 Å². The third-order valence-corrected chi connectivity index (χ3v) is 7.13. The van der Waals surface area contributed by atoms with E-state index in [1.165, 1.54) is 50.6 Å². The summed E-state index contributed by atoms with van der Waals surface area (Å²) >= 11 is 5.94. The lowest BCUT2D eigenvalue weighted by atomic mass is 10.1. The van der Waals surface area contributed by atoms with Gasteiger partial charge in [0.05, 0.1) is 24.8 Å². The Morgan fingerprint density at radius 3 is 2.12 bits per heavy atom. The van der Waals surface area contributed by atoms with Crippen LogP contribution in [0.1, 0.15) is 35.7 Å². The van der Waals surface area contributed by atoms with Crippen molar-refractivity contribution in [3.05, 3.63) is 82.9 Å². The molecule has 8 heteroatoms. The fourth-order valence-corrected chi connectivity index (χ4v) is 4.88. The number of unbranched alkanes of at least 4 members (excludes halogenated alkanes) is 1. The Balaban J connectivity index is 2.10. The van der Waals surface area contributed by atoms with E-state index in [2.05, 4.69) is 6.92 Å². The number of halogens is 1. The van der Waals surface area contributed by atoms with E-state index >= 15 is 0 Å². The summed E-state index contributed by atoms with van der Waals surface area (Å²) in [7, 11) is -1.30. The number of carbonyl (C=O) groups is 1. The van der Waals surface area contributed by atoms with E-state index in [1.807, 2.05) is 12.1 Å². The van der Waals surface area contributed by atoms with Gasteiger partial charge in [0.25, 0.3) is 15.9 Å². The SMILES string of the molecule is CCCCc1ccc(N(C(=O)c2ccc(OC)c(OC)c2)S(=O)(=O)c2ccc(Cl)cc2)cc1. The number of ether oxygens (including phenoxy) is 2. The Hall–Kier alpha value is -3.03. The van der Waals surface area contributed by atoms with Crippen LogP contribution in [0.2, 0.25) is 5.02 Å². The van der Waals surface area contributed by atoms with Crippen LogP contribution in [0.3, 0.4) is 0 Å². The van der Waals surface area contributed by atoms with Crippen molar-refractivity contribution in [2.75, 3.05) is 18.5 Å². The summed E-state index contributed by atoms with van der Waals surface area (Å²) in [6.07, 6.45) is 2.96. The Labute approximate surface area is 199 Å². The van der Waals surface area contributed by atoms with Crippen LogP contribution in [0.4, 0.5) is 5.69 Å².